The SMILES string of the molecule is CN1C(=O)c2c(O)c(=O)c(C(=O)NCc3ccc(F)cc3)cn2C(CN2CCOCC2)N1C. The van der Waals surface area contributed by atoms with Crippen LogP contribution in [-0.4, -0.2) is 83.3 Å². The molecule has 4 rings (SSSR count). The average molecular weight is 459 g/mol. The molecule has 2 N–H and O–H groups in total. The van der Waals surface area contributed by atoms with Crippen LogP contribution in [0.2, 0.25) is 0 Å². The number of carbonyl (C=O) groups is 2. The van der Waals surface area contributed by atoms with Gasteiger partial charge in [0, 0.05) is 46.5 Å². The maximum atomic E-state index is 13.1. The van der Waals surface area contributed by atoms with E-state index in [1.165, 1.54) is 40.0 Å². The van der Waals surface area contributed by atoms with Gasteiger partial charge < -0.3 is 19.7 Å². The molecule has 1 aromatic carbocycles. The molecule has 10 nitrogen and oxygen atoms in total. The van der Waals surface area contributed by atoms with Crippen LogP contribution < -0.4 is 10.7 Å². The number of carbonyl (C=O) groups excluding carboxylic acids is 2. The summed E-state index contributed by atoms with van der Waals surface area (Å²) in [6.07, 6.45) is 0.875. The number of amides is 2. The number of nitrogens with zero attached hydrogens (tertiary/aromatic N) is 4. The molecule has 0 saturated carbocycles. The fraction of sp³-hybridized carbons (Fsp3) is 0.409. The van der Waals surface area contributed by atoms with Crippen molar-refractivity contribution in [3.05, 3.63) is 63.3 Å². The fourth-order valence-electron chi connectivity index (χ4n) is 4.01. The second-order valence-corrected chi connectivity index (χ2v) is 8.08. The first-order valence-corrected chi connectivity index (χ1v) is 10.6. The molecule has 2 aromatic rings. The molecule has 0 spiro atoms. The maximum Gasteiger partial charge on any atom is 0.288 e. The van der Waals surface area contributed by atoms with Crippen molar-refractivity contribution in [1.29, 1.82) is 0 Å². The second-order valence-electron chi connectivity index (χ2n) is 8.08. The monoisotopic (exact) mass is 459 g/mol. The number of halogens is 1. The molecule has 1 unspecified atom stereocenters. The van der Waals surface area contributed by atoms with Crippen LogP contribution in [0, 0.1) is 5.82 Å². The van der Waals surface area contributed by atoms with Crippen LogP contribution in [0.5, 0.6) is 5.75 Å². The van der Waals surface area contributed by atoms with Crippen molar-refractivity contribution in [3.63, 3.8) is 0 Å². The third-order valence-corrected chi connectivity index (χ3v) is 6.07. The fourth-order valence-corrected chi connectivity index (χ4v) is 4.01. The Labute approximate surface area is 189 Å². The first kappa shape index (κ1) is 22.9. The smallest absolute Gasteiger partial charge is 0.288 e. The summed E-state index contributed by atoms with van der Waals surface area (Å²) in [6, 6.07) is 5.59. The largest absolute Gasteiger partial charge is 0.503 e. The van der Waals surface area contributed by atoms with Crippen molar-refractivity contribution in [1.82, 2.24) is 24.8 Å². The Morgan fingerprint density at radius 1 is 1.18 bits per heavy atom. The van der Waals surface area contributed by atoms with Gasteiger partial charge >= 0.3 is 0 Å². The van der Waals surface area contributed by atoms with E-state index in [0.29, 0.717) is 38.4 Å². The number of ether oxygens (including phenoxy) is 1. The molecule has 0 bridgehead atoms. The maximum absolute atomic E-state index is 13.1. The summed E-state index contributed by atoms with van der Waals surface area (Å²) < 4.78 is 20.0. The lowest BCUT2D eigenvalue weighted by Gasteiger charge is -2.44. The Balaban J connectivity index is 1.66. The van der Waals surface area contributed by atoms with Gasteiger partial charge in [-0.2, -0.15) is 5.01 Å². The summed E-state index contributed by atoms with van der Waals surface area (Å²) in [5.41, 5.74) is -0.715. The van der Waals surface area contributed by atoms with E-state index < -0.39 is 35.0 Å². The molecule has 1 fully saturated rings. The van der Waals surface area contributed by atoms with E-state index in [1.807, 2.05) is 0 Å². The predicted molar refractivity (Wildman–Crippen MR) is 116 cm³/mol. The zero-order valence-electron chi connectivity index (χ0n) is 18.5. The number of morpholine rings is 1. The molecule has 3 heterocycles. The van der Waals surface area contributed by atoms with Gasteiger partial charge in [0.25, 0.3) is 11.8 Å². The molecule has 1 atom stereocenters. The van der Waals surface area contributed by atoms with E-state index in [1.54, 1.807) is 19.1 Å². The van der Waals surface area contributed by atoms with Crippen LogP contribution in [-0.2, 0) is 11.3 Å². The molecule has 1 aromatic heterocycles. The topological polar surface area (TPSA) is 107 Å². The van der Waals surface area contributed by atoms with Gasteiger partial charge in [-0.25, -0.2) is 4.39 Å². The number of likely N-dealkylation sites (N-methyl/N-ethyl adjacent to an activating group) is 1. The van der Waals surface area contributed by atoms with Crippen LogP contribution in [0.4, 0.5) is 4.39 Å². The molecule has 33 heavy (non-hydrogen) atoms. The molecule has 1 saturated heterocycles. The third-order valence-electron chi connectivity index (χ3n) is 6.07. The highest BCUT2D eigenvalue weighted by atomic mass is 19.1. The zero-order valence-corrected chi connectivity index (χ0v) is 18.5. The Morgan fingerprint density at radius 3 is 2.52 bits per heavy atom. The molecule has 11 heteroatoms. The summed E-state index contributed by atoms with van der Waals surface area (Å²) in [4.78, 5) is 40.6. The van der Waals surface area contributed by atoms with Gasteiger partial charge in [0.15, 0.2) is 11.4 Å². The van der Waals surface area contributed by atoms with E-state index in [0.717, 1.165) is 0 Å². The number of benzene rings is 1. The van der Waals surface area contributed by atoms with E-state index in [-0.39, 0.29) is 17.8 Å². The molecule has 2 aliphatic heterocycles. The number of nitrogens with one attached hydrogen (secondary N) is 1. The third kappa shape index (κ3) is 4.47. The normalized spacial score (nSPS) is 19.4. The van der Waals surface area contributed by atoms with Gasteiger partial charge in [-0.05, 0) is 17.7 Å². The number of fused-ring (bicyclic) bond motifs is 1. The second kappa shape index (κ2) is 9.30. The van der Waals surface area contributed by atoms with Crippen LogP contribution >= 0.6 is 0 Å². The summed E-state index contributed by atoms with van der Waals surface area (Å²) in [7, 11) is 3.29. The van der Waals surface area contributed by atoms with E-state index in [4.69, 9.17) is 4.74 Å². The van der Waals surface area contributed by atoms with Crippen LogP contribution in [0.15, 0.2) is 35.3 Å². The van der Waals surface area contributed by atoms with Crippen molar-refractivity contribution >= 4 is 11.8 Å². The van der Waals surface area contributed by atoms with Crippen molar-refractivity contribution in [2.75, 3.05) is 46.9 Å². The highest BCUT2D eigenvalue weighted by molar-refractivity contribution is 5.98. The molecule has 2 amide bonds. The lowest BCUT2D eigenvalue weighted by molar-refractivity contribution is -0.0629. The Morgan fingerprint density at radius 2 is 1.85 bits per heavy atom. The number of hydrazine groups is 1. The summed E-state index contributed by atoms with van der Waals surface area (Å²) in [5.74, 6) is -2.41. The highest BCUT2D eigenvalue weighted by Crippen LogP contribution is 2.29. The highest BCUT2D eigenvalue weighted by Gasteiger charge is 2.38. The Hall–Kier alpha value is -3.28. The van der Waals surface area contributed by atoms with Gasteiger partial charge in [0.1, 0.15) is 17.5 Å². The van der Waals surface area contributed by atoms with Crippen molar-refractivity contribution in [2.45, 2.75) is 12.7 Å². The Kier molecular flexibility index (Phi) is 6.45. The number of aromatic nitrogens is 1. The van der Waals surface area contributed by atoms with Crippen LogP contribution in [0.1, 0.15) is 32.6 Å². The molecular weight excluding hydrogens is 433 g/mol. The van der Waals surface area contributed by atoms with Gasteiger partial charge in [-0.15, -0.1) is 0 Å². The standard InChI is InChI=1S/C22H26FN5O5/c1-25-17(13-27-7-9-33-10-8-27)28-12-16(19(29)20(30)18(28)22(32)26(25)2)21(31)24-11-14-3-5-15(23)6-4-14/h3-6,12,17,30H,7-11,13H2,1-2H3,(H,24,31). The Bertz CT molecular complexity index is 1110. The van der Waals surface area contributed by atoms with Crippen molar-refractivity contribution in [3.8, 4) is 5.75 Å². The van der Waals surface area contributed by atoms with Crippen LogP contribution in [0.3, 0.4) is 0 Å². The number of pyridine rings is 1. The van der Waals surface area contributed by atoms with Gasteiger partial charge in [-0.3, -0.25) is 24.3 Å². The number of hydrogen-bond acceptors (Lipinski definition) is 7. The summed E-state index contributed by atoms with van der Waals surface area (Å²) >= 11 is 0. The molecule has 0 aliphatic carbocycles. The minimum atomic E-state index is -0.922. The van der Waals surface area contributed by atoms with Crippen molar-refractivity contribution < 1.29 is 23.8 Å². The van der Waals surface area contributed by atoms with Gasteiger partial charge in [-0.1, -0.05) is 12.1 Å². The minimum absolute atomic E-state index is 0.0693. The van der Waals surface area contributed by atoms with E-state index in [2.05, 4.69) is 10.2 Å². The van der Waals surface area contributed by atoms with Crippen molar-refractivity contribution in [2.24, 2.45) is 0 Å². The predicted octanol–water partition coefficient (Wildman–Crippen LogP) is 0.386. The van der Waals surface area contributed by atoms with E-state index >= 15 is 0 Å². The average Bonchev–Trinajstić information content (AvgIpc) is 2.82. The molecule has 2 aliphatic rings. The number of hydrogen-bond donors (Lipinski definition) is 2. The molecule has 0 radical (unpaired) electrons. The zero-order chi connectivity index (χ0) is 23.7. The first-order chi connectivity index (χ1) is 15.8. The quantitative estimate of drug-likeness (QED) is 0.666. The van der Waals surface area contributed by atoms with Crippen LogP contribution in [0.25, 0.3) is 0 Å². The summed E-state index contributed by atoms with van der Waals surface area (Å²) in [5, 5.41) is 16.3. The summed E-state index contributed by atoms with van der Waals surface area (Å²) in [6.45, 7) is 3.14. The minimum Gasteiger partial charge on any atom is -0.503 e. The van der Waals surface area contributed by atoms with E-state index in [9.17, 15) is 23.9 Å². The van der Waals surface area contributed by atoms with Gasteiger partial charge in [0.05, 0.1) is 13.2 Å². The lowest BCUT2D eigenvalue weighted by Crippen LogP contribution is -2.55. The first-order valence-electron chi connectivity index (χ1n) is 10.6. The number of aromatic hydroxyl groups is 1. The lowest BCUT2D eigenvalue weighted by atomic mass is 10.1. The van der Waals surface area contributed by atoms with Gasteiger partial charge in [0.2, 0.25) is 5.43 Å². The molecular formula is C22H26FN5O5. The molecule has 176 valence electrons. The number of rotatable bonds is 5.